The fourth-order valence-corrected chi connectivity index (χ4v) is 3.49. The number of hydrogen-bond acceptors (Lipinski definition) is 4. The predicted octanol–water partition coefficient (Wildman–Crippen LogP) is 2.55. The van der Waals surface area contributed by atoms with Crippen LogP contribution in [0.2, 0.25) is 0 Å². The summed E-state index contributed by atoms with van der Waals surface area (Å²) in [6.45, 7) is 5.95. The molecule has 0 unspecified atom stereocenters. The van der Waals surface area contributed by atoms with E-state index in [9.17, 15) is 10.0 Å². The van der Waals surface area contributed by atoms with Crippen molar-refractivity contribution in [1.82, 2.24) is 14.9 Å². The van der Waals surface area contributed by atoms with Crippen LogP contribution in [0, 0.1) is 11.8 Å². The van der Waals surface area contributed by atoms with E-state index >= 15 is 0 Å². The van der Waals surface area contributed by atoms with E-state index in [2.05, 4.69) is 41.0 Å². The van der Waals surface area contributed by atoms with Gasteiger partial charge in [-0.3, -0.25) is 10.1 Å². The Labute approximate surface area is 171 Å². The summed E-state index contributed by atoms with van der Waals surface area (Å²) in [5.41, 5.74) is 4.24. The first kappa shape index (κ1) is 19.5. The maximum atomic E-state index is 11.7. The van der Waals surface area contributed by atoms with E-state index in [-0.39, 0.29) is 6.03 Å². The maximum absolute atomic E-state index is 11.7. The highest BCUT2D eigenvalue weighted by atomic mass is 16.5. The summed E-state index contributed by atoms with van der Waals surface area (Å²) in [7, 11) is 0. The number of morpholine rings is 1. The monoisotopic (exact) mass is 391 g/mol. The average Bonchev–Trinajstić information content (AvgIpc) is 3.07. The number of urea groups is 1. The molecule has 0 atom stereocenters. The van der Waals surface area contributed by atoms with Crippen LogP contribution in [-0.4, -0.2) is 65.5 Å². The Hall–Kier alpha value is -2.85. The lowest BCUT2D eigenvalue weighted by atomic mass is 10.1. The molecule has 2 aromatic rings. The first-order valence-corrected chi connectivity index (χ1v) is 9.93. The van der Waals surface area contributed by atoms with Crippen LogP contribution in [0.4, 0.5) is 4.79 Å². The zero-order chi connectivity index (χ0) is 20.1. The third kappa shape index (κ3) is 5.15. The number of rotatable bonds is 4. The third-order valence-electron chi connectivity index (χ3n) is 5.22. The van der Waals surface area contributed by atoms with Crippen LogP contribution in [0.1, 0.15) is 22.3 Å². The molecule has 2 aliphatic heterocycles. The fraction of sp³-hybridized carbons (Fsp3) is 0.348. The van der Waals surface area contributed by atoms with Gasteiger partial charge < -0.3 is 9.64 Å². The third-order valence-corrected chi connectivity index (χ3v) is 5.22. The van der Waals surface area contributed by atoms with E-state index in [1.54, 1.807) is 4.90 Å². The second kappa shape index (κ2) is 9.10. The molecule has 0 bridgehead atoms. The fourth-order valence-electron chi connectivity index (χ4n) is 3.49. The molecule has 2 heterocycles. The molecule has 4 rings (SSSR count). The smallest absolute Gasteiger partial charge is 0.344 e. The molecule has 0 spiro atoms. The molecule has 29 heavy (non-hydrogen) atoms. The SMILES string of the molecule is O=C1N(O)CCN1Cc1ccc(C#Cc2ccc(CN3CCOCC3)cc2)cc1. The van der Waals surface area contributed by atoms with Crippen molar-refractivity contribution in [3.05, 3.63) is 70.8 Å². The maximum Gasteiger partial charge on any atom is 0.344 e. The summed E-state index contributed by atoms with van der Waals surface area (Å²) in [5.74, 6) is 6.40. The molecule has 0 saturated carbocycles. The number of carbonyl (C=O) groups excluding carboxylic acids is 1. The lowest BCUT2D eigenvalue weighted by Crippen LogP contribution is -2.35. The van der Waals surface area contributed by atoms with E-state index in [4.69, 9.17) is 4.74 Å². The molecule has 2 fully saturated rings. The minimum Gasteiger partial charge on any atom is -0.379 e. The van der Waals surface area contributed by atoms with Crippen LogP contribution < -0.4 is 0 Å². The van der Waals surface area contributed by atoms with Gasteiger partial charge in [-0.2, -0.15) is 0 Å². The molecule has 2 amide bonds. The van der Waals surface area contributed by atoms with E-state index in [0.717, 1.165) is 54.6 Å². The van der Waals surface area contributed by atoms with E-state index < -0.39 is 0 Å². The molecule has 1 N–H and O–H groups in total. The number of hydrogen-bond donors (Lipinski definition) is 1. The van der Waals surface area contributed by atoms with Crippen molar-refractivity contribution < 1.29 is 14.7 Å². The van der Waals surface area contributed by atoms with Crippen molar-refractivity contribution in [1.29, 1.82) is 0 Å². The molecule has 6 nitrogen and oxygen atoms in total. The Morgan fingerprint density at radius 2 is 1.34 bits per heavy atom. The second-order valence-corrected chi connectivity index (χ2v) is 7.36. The lowest BCUT2D eigenvalue weighted by Gasteiger charge is -2.26. The van der Waals surface area contributed by atoms with E-state index in [1.165, 1.54) is 5.56 Å². The molecule has 2 aromatic carbocycles. The highest BCUT2D eigenvalue weighted by molar-refractivity contribution is 5.75. The Morgan fingerprint density at radius 1 is 0.793 bits per heavy atom. The van der Waals surface area contributed by atoms with Crippen LogP contribution in [0.5, 0.6) is 0 Å². The zero-order valence-corrected chi connectivity index (χ0v) is 16.4. The van der Waals surface area contributed by atoms with Crippen molar-refractivity contribution >= 4 is 6.03 Å². The van der Waals surface area contributed by atoms with E-state index in [1.807, 2.05) is 24.3 Å². The minimum absolute atomic E-state index is 0.342. The van der Waals surface area contributed by atoms with Gasteiger partial charge >= 0.3 is 6.03 Å². The van der Waals surface area contributed by atoms with Crippen LogP contribution in [-0.2, 0) is 17.8 Å². The standard InChI is InChI=1S/C23H25N3O3/c27-23-25(11-12-26(23)28)18-22-9-5-20(6-10-22)2-1-19-3-7-21(8-4-19)17-24-13-15-29-16-14-24/h3-10,28H,11-18H2. The number of amides is 2. The van der Waals surface area contributed by atoms with Crippen LogP contribution in [0.15, 0.2) is 48.5 Å². The molecule has 2 aliphatic rings. The first-order valence-electron chi connectivity index (χ1n) is 9.93. The van der Waals surface area contributed by atoms with Crippen molar-refractivity contribution in [2.75, 3.05) is 39.4 Å². The average molecular weight is 391 g/mol. The van der Waals surface area contributed by atoms with Gasteiger partial charge in [0.1, 0.15) is 0 Å². The molecule has 0 radical (unpaired) electrons. The van der Waals surface area contributed by atoms with Gasteiger partial charge in [0.2, 0.25) is 0 Å². The van der Waals surface area contributed by atoms with Crippen molar-refractivity contribution in [3.8, 4) is 11.8 Å². The summed E-state index contributed by atoms with van der Waals surface area (Å²) in [5, 5.41) is 10.1. The Kier molecular flexibility index (Phi) is 6.11. The highest BCUT2D eigenvalue weighted by Gasteiger charge is 2.26. The zero-order valence-electron chi connectivity index (χ0n) is 16.4. The van der Waals surface area contributed by atoms with Crippen LogP contribution in [0.3, 0.4) is 0 Å². The van der Waals surface area contributed by atoms with Gasteiger partial charge in [0.05, 0.1) is 19.8 Å². The Bertz CT molecular complexity index is 894. The van der Waals surface area contributed by atoms with Gasteiger partial charge in [-0.25, -0.2) is 9.86 Å². The van der Waals surface area contributed by atoms with Gasteiger partial charge in [-0.1, -0.05) is 36.1 Å². The normalized spacial score (nSPS) is 17.3. The molecule has 0 aromatic heterocycles. The molecule has 6 heteroatoms. The number of hydroxylamine groups is 2. The lowest BCUT2D eigenvalue weighted by molar-refractivity contribution is -0.0268. The highest BCUT2D eigenvalue weighted by Crippen LogP contribution is 2.13. The molecular weight excluding hydrogens is 366 g/mol. The van der Waals surface area contributed by atoms with Crippen LogP contribution >= 0.6 is 0 Å². The minimum atomic E-state index is -0.342. The number of benzene rings is 2. The molecule has 150 valence electrons. The number of ether oxygens (including phenoxy) is 1. The van der Waals surface area contributed by atoms with Gasteiger partial charge in [0.15, 0.2) is 0 Å². The predicted molar refractivity (Wildman–Crippen MR) is 109 cm³/mol. The number of nitrogens with zero attached hydrogens (tertiary/aromatic N) is 3. The Morgan fingerprint density at radius 3 is 1.86 bits per heavy atom. The molecule has 0 aliphatic carbocycles. The summed E-state index contributed by atoms with van der Waals surface area (Å²) < 4.78 is 5.39. The van der Waals surface area contributed by atoms with Gasteiger partial charge in [0.25, 0.3) is 0 Å². The van der Waals surface area contributed by atoms with Gasteiger partial charge in [-0.15, -0.1) is 0 Å². The van der Waals surface area contributed by atoms with Gasteiger partial charge in [-0.05, 0) is 35.4 Å². The van der Waals surface area contributed by atoms with Crippen molar-refractivity contribution in [3.63, 3.8) is 0 Å². The Balaban J connectivity index is 1.33. The quantitative estimate of drug-likeness (QED) is 0.643. The molecule has 2 saturated heterocycles. The van der Waals surface area contributed by atoms with Crippen molar-refractivity contribution in [2.45, 2.75) is 13.1 Å². The summed E-state index contributed by atoms with van der Waals surface area (Å²) in [6.07, 6.45) is 0. The summed E-state index contributed by atoms with van der Waals surface area (Å²) in [4.78, 5) is 15.8. The largest absolute Gasteiger partial charge is 0.379 e. The van der Waals surface area contributed by atoms with Crippen molar-refractivity contribution in [2.24, 2.45) is 0 Å². The topological polar surface area (TPSA) is 56.3 Å². The van der Waals surface area contributed by atoms with Crippen LogP contribution in [0.25, 0.3) is 0 Å². The second-order valence-electron chi connectivity index (χ2n) is 7.36. The number of carbonyl (C=O) groups is 1. The summed E-state index contributed by atoms with van der Waals surface area (Å²) >= 11 is 0. The summed E-state index contributed by atoms with van der Waals surface area (Å²) in [6, 6.07) is 15.9. The van der Waals surface area contributed by atoms with Gasteiger partial charge in [0, 0.05) is 43.9 Å². The van der Waals surface area contributed by atoms with E-state index in [0.29, 0.717) is 19.6 Å². The first-order chi connectivity index (χ1) is 14.2. The molecular formula is C23H25N3O3.